The predicted octanol–water partition coefficient (Wildman–Crippen LogP) is 5.49. The lowest BCUT2D eigenvalue weighted by Crippen LogP contribution is -2.16. The van der Waals surface area contributed by atoms with Crippen LogP contribution in [0.4, 0.5) is 4.39 Å². The maximum Gasteiger partial charge on any atom is 0.144 e. The Morgan fingerprint density at radius 3 is 2.38 bits per heavy atom. The molecule has 1 unspecified atom stereocenters. The molecule has 1 aromatic heterocycles. The normalized spacial score (nSPS) is 20.4. The molecule has 0 N–H and O–H groups in total. The summed E-state index contributed by atoms with van der Waals surface area (Å²) in [6.45, 7) is 1.92. The number of rotatable bonds is 4. The minimum atomic E-state index is -0.419. The summed E-state index contributed by atoms with van der Waals surface area (Å²) in [4.78, 5) is 4.59. The molecule has 0 saturated heterocycles. The zero-order chi connectivity index (χ0) is 14.7. The number of benzene rings is 1. The molecule has 0 aliphatic heterocycles. The van der Waals surface area contributed by atoms with Gasteiger partial charge in [0, 0.05) is 12.1 Å². The first kappa shape index (κ1) is 13.8. The molecular formula is C16H17Cl2FN2. The quantitative estimate of drug-likeness (QED) is 0.679. The van der Waals surface area contributed by atoms with Crippen molar-refractivity contribution in [3.63, 3.8) is 0 Å². The van der Waals surface area contributed by atoms with Crippen molar-refractivity contribution in [3.8, 4) is 0 Å². The lowest BCUT2D eigenvalue weighted by Gasteiger charge is -2.22. The second-order valence-corrected chi connectivity index (χ2v) is 7.44. The van der Waals surface area contributed by atoms with E-state index in [2.05, 4.69) is 9.55 Å². The van der Waals surface area contributed by atoms with E-state index in [-0.39, 0.29) is 10.4 Å². The molecule has 0 spiro atoms. The second-order valence-electron chi connectivity index (χ2n) is 6.38. The highest BCUT2D eigenvalue weighted by molar-refractivity contribution is 6.31. The van der Waals surface area contributed by atoms with E-state index in [1.807, 2.05) is 6.92 Å². The number of hydrogen-bond acceptors (Lipinski definition) is 1. The molecule has 0 amide bonds. The third-order valence-electron chi connectivity index (χ3n) is 4.62. The Balaban J connectivity index is 1.95. The Labute approximate surface area is 133 Å². The van der Waals surface area contributed by atoms with Crippen LogP contribution in [0.3, 0.4) is 0 Å². The van der Waals surface area contributed by atoms with E-state index in [4.69, 9.17) is 23.2 Å². The monoisotopic (exact) mass is 326 g/mol. The lowest BCUT2D eigenvalue weighted by molar-refractivity contribution is 0.392. The lowest BCUT2D eigenvalue weighted by atomic mass is 10.1. The van der Waals surface area contributed by atoms with Gasteiger partial charge in [-0.3, -0.25) is 0 Å². The van der Waals surface area contributed by atoms with Gasteiger partial charge in [-0.1, -0.05) is 11.6 Å². The van der Waals surface area contributed by atoms with Crippen LogP contribution in [0.15, 0.2) is 12.1 Å². The van der Waals surface area contributed by atoms with Crippen molar-refractivity contribution in [3.05, 3.63) is 28.8 Å². The van der Waals surface area contributed by atoms with Crippen molar-refractivity contribution in [2.24, 2.45) is 11.8 Å². The van der Waals surface area contributed by atoms with Gasteiger partial charge in [0.1, 0.15) is 11.6 Å². The standard InChI is InChI=1S/C16H17Cl2FN2/c1-8(17)16-20-13-7-12(19)11(18)6-14(13)21(16)15(9-2-3-9)10-4-5-10/h6-10,15H,2-5H2,1H3. The highest BCUT2D eigenvalue weighted by Gasteiger charge is 2.44. The van der Waals surface area contributed by atoms with E-state index in [0.29, 0.717) is 23.4 Å². The molecule has 2 fully saturated rings. The van der Waals surface area contributed by atoms with Crippen LogP contribution in [0.1, 0.15) is 49.9 Å². The number of aromatic nitrogens is 2. The summed E-state index contributed by atoms with van der Waals surface area (Å²) in [6.07, 6.45) is 5.08. The average Bonchev–Trinajstić information content (AvgIpc) is 3.31. The number of nitrogens with zero attached hydrogens (tertiary/aromatic N) is 2. The third kappa shape index (κ3) is 2.35. The molecule has 2 saturated carbocycles. The van der Waals surface area contributed by atoms with Crippen molar-refractivity contribution in [2.45, 2.75) is 44.0 Å². The van der Waals surface area contributed by atoms with Gasteiger partial charge in [0.25, 0.3) is 0 Å². The second kappa shape index (κ2) is 4.85. The highest BCUT2D eigenvalue weighted by Crippen LogP contribution is 2.53. The van der Waals surface area contributed by atoms with Gasteiger partial charge in [-0.15, -0.1) is 11.6 Å². The van der Waals surface area contributed by atoms with E-state index in [0.717, 1.165) is 11.3 Å². The van der Waals surface area contributed by atoms with Crippen LogP contribution >= 0.6 is 23.2 Å². The molecule has 0 bridgehead atoms. The number of imidazole rings is 1. The van der Waals surface area contributed by atoms with Crippen molar-refractivity contribution in [2.75, 3.05) is 0 Å². The van der Waals surface area contributed by atoms with Gasteiger partial charge in [-0.25, -0.2) is 9.37 Å². The molecule has 4 rings (SSSR count). The fourth-order valence-corrected chi connectivity index (χ4v) is 3.70. The van der Waals surface area contributed by atoms with Gasteiger partial charge in [0.05, 0.1) is 21.4 Å². The maximum absolute atomic E-state index is 13.7. The number of alkyl halides is 1. The molecule has 1 heterocycles. The van der Waals surface area contributed by atoms with Gasteiger partial charge in [-0.05, 0) is 50.5 Å². The number of fused-ring (bicyclic) bond motifs is 1. The molecule has 112 valence electrons. The summed E-state index contributed by atoms with van der Waals surface area (Å²) in [7, 11) is 0. The predicted molar refractivity (Wildman–Crippen MR) is 83.5 cm³/mol. The topological polar surface area (TPSA) is 17.8 Å². The average molecular weight is 327 g/mol. The first-order chi connectivity index (χ1) is 10.1. The van der Waals surface area contributed by atoms with Crippen LogP contribution in [-0.2, 0) is 0 Å². The molecule has 2 aromatic rings. The van der Waals surface area contributed by atoms with Crippen LogP contribution in [0, 0.1) is 17.7 Å². The summed E-state index contributed by atoms with van der Waals surface area (Å²) in [6, 6.07) is 3.58. The molecule has 2 aliphatic carbocycles. The van der Waals surface area contributed by atoms with E-state index in [1.165, 1.54) is 31.7 Å². The summed E-state index contributed by atoms with van der Waals surface area (Å²) in [5.41, 5.74) is 1.58. The summed E-state index contributed by atoms with van der Waals surface area (Å²) in [5.74, 6) is 1.86. The Bertz CT molecular complexity index is 690. The van der Waals surface area contributed by atoms with Crippen molar-refractivity contribution >= 4 is 34.2 Å². The van der Waals surface area contributed by atoms with E-state index >= 15 is 0 Å². The van der Waals surface area contributed by atoms with E-state index in [9.17, 15) is 4.39 Å². The Hall–Kier alpha value is -0.800. The van der Waals surface area contributed by atoms with Gasteiger partial charge >= 0.3 is 0 Å². The largest absolute Gasteiger partial charge is 0.323 e. The molecule has 1 aromatic carbocycles. The van der Waals surface area contributed by atoms with Crippen LogP contribution in [0.2, 0.25) is 5.02 Å². The Morgan fingerprint density at radius 1 is 1.24 bits per heavy atom. The molecule has 2 nitrogen and oxygen atoms in total. The highest BCUT2D eigenvalue weighted by atomic mass is 35.5. The Morgan fingerprint density at radius 2 is 1.86 bits per heavy atom. The number of hydrogen-bond donors (Lipinski definition) is 0. The fraction of sp³-hybridized carbons (Fsp3) is 0.562. The minimum absolute atomic E-state index is 0.155. The molecule has 0 radical (unpaired) electrons. The third-order valence-corrected chi connectivity index (χ3v) is 5.11. The molecule has 5 heteroatoms. The zero-order valence-electron chi connectivity index (χ0n) is 11.8. The summed E-state index contributed by atoms with van der Waals surface area (Å²) < 4.78 is 16.0. The maximum atomic E-state index is 13.7. The van der Waals surface area contributed by atoms with Gasteiger partial charge in [-0.2, -0.15) is 0 Å². The van der Waals surface area contributed by atoms with Crippen molar-refractivity contribution in [1.29, 1.82) is 0 Å². The minimum Gasteiger partial charge on any atom is -0.323 e. The smallest absolute Gasteiger partial charge is 0.144 e. The summed E-state index contributed by atoms with van der Waals surface area (Å²) in [5, 5.41) is -0.0398. The van der Waals surface area contributed by atoms with Gasteiger partial charge in [0.2, 0.25) is 0 Å². The number of halogens is 3. The van der Waals surface area contributed by atoms with Gasteiger partial charge in [0.15, 0.2) is 0 Å². The molecule has 21 heavy (non-hydrogen) atoms. The SMILES string of the molecule is CC(Cl)c1nc2cc(F)c(Cl)cc2n1C(C1CC1)C1CC1. The van der Waals surface area contributed by atoms with Crippen molar-refractivity contribution in [1.82, 2.24) is 9.55 Å². The zero-order valence-corrected chi connectivity index (χ0v) is 13.3. The fourth-order valence-electron chi connectivity index (χ4n) is 3.38. The van der Waals surface area contributed by atoms with E-state index in [1.54, 1.807) is 6.07 Å². The van der Waals surface area contributed by atoms with Gasteiger partial charge < -0.3 is 4.57 Å². The summed E-state index contributed by atoms with van der Waals surface area (Å²) >= 11 is 12.3. The molecular weight excluding hydrogens is 310 g/mol. The molecule has 2 aliphatic rings. The van der Waals surface area contributed by atoms with Crippen LogP contribution < -0.4 is 0 Å². The van der Waals surface area contributed by atoms with Crippen LogP contribution in [0.5, 0.6) is 0 Å². The Kier molecular flexibility index (Phi) is 3.20. The first-order valence-electron chi connectivity index (χ1n) is 7.57. The van der Waals surface area contributed by atoms with Crippen molar-refractivity contribution < 1.29 is 4.39 Å². The van der Waals surface area contributed by atoms with Crippen LogP contribution in [-0.4, -0.2) is 9.55 Å². The van der Waals surface area contributed by atoms with Crippen LogP contribution in [0.25, 0.3) is 11.0 Å². The van der Waals surface area contributed by atoms with E-state index < -0.39 is 5.82 Å². The first-order valence-corrected chi connectivity index (χ1v) is 8.38. The molecule has 1 atom stereocenters.